The molecule has 0 saturated heterocycles. The van der Waals surface area contributed by atoms with Crippen LogP contribution in [0.1, 0.15) is 23.2 Å². The van der Waals surface area contributed by atoms with E-state index in [0.29, 0.717) is 0 Å². The van der Waals surface area contributed by atoms with Crippen molar-refractivity contribution in [2.75, 3.05) is 0 Å². The standard InChI is InChI=1S/C11H12N2/c1-7-5-9-8-3-2-4-10(8)13-11(9)12-6-7/h5-6H,2-4H2,1H3,(H,12,13). The molecule has 0 unspecified atom stereocenters. The summed E-state index contributed by atoms with van der Waals surface area (Å²) < 4.78 is 0. The van der Waals surface area contributed by atoms with Crippen molar-refractivity contribution in [3.63, 3.8) is 0 Å². The van der Waals surface area contributed by atoms with Crippen LogP contribution in [-0.2, 0) is 12.8 Å². The second kappa shape index (κ2) is 2.34. The number of fused-ring (bicyclic) bond motifs is 3. The number of hydrogen-bond acceptors (Lipinski definition) is 1. The van der Waals surface area contributed by atoms with Crippen LogP contribution < -0.4 is 0 Å². The Bertz CT molecular complexity index is 468. The van der Waals surface area contributed by atoms with Crippen LogP contribution in [0.4, 0.5) is 0 Å². The highest BCUT2D eigenvalue weighted by molar-refractivity contribution is 5.82. The third kappa shape index (κ3) is 0.916. The van der Waals surface area contributed by atoms with Crippen molar-refractivity contribution >= 4 is 11.0 Å². The summed E-state index contributed by atoms with van der Waals surface area (Å²) in [4.78, 5) is 7.78. The van der Waals surface area contributed by atoms with Gasteiger partial charge in [-0.3, -0.25) is 0 Å². The maximum Gasteiger partial charge on any atom is 0.137 e. The normalized spacial score (nSPS) is 15.2. The molecule has 66 valence electrons. The average Bonchev–Trinajstić information content (AvgIpc) is 2.64. The lowest BCUT2D eigenvalue weighted by atomic mass is 10.1. The number of rotatable bonds is 0. The Morgan fingerprint density at radius 2 is 2.31 bits per heavy atom. The quantitative estimate of drug-likeness (QED) is 0.649. The van der Waals surface area contributed by atoms with Crippen molar-refractivity contribution in [1.29, 1.82) is 0 Å². The van der Waals surface area contributed by atoms with Gasteiger partial charge in [0.25, 0.3) is 0 Å². The lowest BCUT2D eigenvalue weighted by Crippen LogP contribution is -1.81. The Morgan fingerprint density at radius 3 is 3.23 bits per heavy atom. The number of hydrogen-bond donors (Lipinski definition) is 1. The molecule has 2 aromatic heterocycles. The third-order valence-electron chi connectivity index (χ3n) is 2.84. The predicted octanol–water partition coefficient (Wildman–Crippen LogP) is 2.36. The molecule has 0 fully saturated rings. The summed E-state index contributed by atoms with van der Waals surface area (Å²) in [7, 11) is 0. The van der Waals surface area contributed by atoms with Crippen LogP contribution in [0, 0.1) is 6.92 Å². The van der Waals surface area contributed by atoms with E-state index in [1.165, 1.54) is 41.5 Å². The van der Waals surface area contributed by atoms with Gasteiger partial charge < -0.3 is 4.98 Å². The van der Waals surface area contributed by atoms with Gasteiger partial charge >= 0.3 is 0 Å². The Morgan fingerprint density at radius 1 is 1.38 bits per heavy atom. The third-order valence-corrected chi connectivity index (χ3v) is 2.84. The minimum atomic E-state index is 1.07. The number of aromatic amines is 1. The minimum absolute atomic E-state index is 1.07. The smallest absolute Gasteiger partial charge is 0.137 e. The molecule has 0 aliphatic heterocycles. The summed E-state index contributed by atoms with van der Waals surface area (Å²) in [6, 6.07) is 2.24. The summed E-state index contributed by atoms with van der Waals surface area (Å²) in [6.45, 7) is 2.10. The maximum atomic E-state index is 4.39. The van der Waals surface area contributed by atoms with Gasteiger partial charge in [-0.15, -0.1) is 0 Å². The van der Waals surface area contributed by atoms with E-state index in [2.05, 4.69) is 23.0 Å². The Kier molecular flexibility index (Phi) is 1.29. The molecule has 1 aliphatic carbocycles. The number of nitrogens with one attached hydrogen (secondary N) is 1. The molecule has 2 aromatic rings. The largest absolute Gasteiger partial charge is 0.343 e. The molecule has 0 atom stereocenters. The molecule has 1 aliphatic rings. The summed E-state index contributed by atoms with van der Waals surface area (Å²) in [5, 5.41) is 1.34. The van der Waals surface area contributed by atoms with Crippen LogP contribution in [0.15, 0.2) is 12.3 Å². The first-order chi connectivity index (χ1) is 6.34. The van der Waals surface area contributed by atoms with E-state index in [0.717, 1.165) is 5.65 Å². The van der Waals surface area contributed by atoms with Crippen LogP contribution in [0.5, 0.6) is 0 Å². The highest BCUT2D eigenvalue weighted by atomic mass is 14.9. The van der Waals surface area contributed by atoms with Gasteiger partial charge in [0.05, 0.1) is 0 Å². The summed E-state index contributed by atoms with van der Waals surface area (Å²) in [5.74, 6) is 0. The molecule has 0 amide bonds. The fourth-order valence-corrected chi connectivity index (χ4v) is 2.22. The van der Waals surface area contributed by atoms with E-state index in [1.807, 2.05) is 6.20 Å². The van der Waals surface area contributed by atoms with Crippen molar-refractivity contribution in [3.8, 4) is 0 Å². The zero-order valence-corrected chi connectivity index (χ0v) is 7.72. The van der Waals surface area contributed by atoms with Crippen LogP contribution in [0.25, 0.3) is 11.0 Å². The summed E-state index contributed by atoms with van der Waals surface area (Å²) in [5.41, 5.74) is 5.23. The van der Waals surface area contributed by atoms with Gasteiger partial charge in [0.1, 0.15) is 5.65 Å². The van der Waals surface area contributed by atoms with Crippen molar-refractivity contribution < 1.29 is 0 Å². The van der Waals surface area contributed by atoms with Crippen LogP contribution >= 0.6 is 0 Å². The van der Waals surface area contributed by atoms with Crippen molar-refractivity contribution in [3.05, 3.63) is 29.1 Å². The molecule has 0 aromatic carbocycles. The van der Waals surface area contributed by atoms with Gasteiger partial charge in [0.2, 0.25) is 0 Å². The molecule has 1 N–H and O–H groups in total. The second-order valence-corrected chi connectivity index (χ2v) is 3.84. The highest BCUT2D eigenvalue weighted by Crippen LogP contribution is 2.28. The summed E-state index contributed by atoms with van der Waals surface area (Å²) >= 11 is 0. The van der Waals surface area contributed by atoms with Gasteiger partial charge in [0.15, 0.2) is 0 Å². The first-order valence-corrected chi connectivity index (χ1v) is 4.80. The van der Waals surface area contributed by atoms with E-state index in [-0.39, 0.29) is 0 Å². The number of pyridine rings is 1. The number of H-pyrrole nitrogens is 1. The minimum Gasteiger partial charge on any atom is -0.343 e. The van der Waals surface area contributed by atoms with E-state index in [4.69, 9.17) is 0 Å². The average molecular weight is 172 g/mol. The number of aromatic nitrogens is 2. The number of aryl methyl sites for hydroxylation is 3. The van der Waals surface area contributed by atoms with Crippen molar-refractivity contribution in [2.45, 2.75) is 26.2 Å². The molecule has 0 bridgehead atoms. The molecular weight excluding hydrogens is 160 g/mol. The molecule has 2 heteroatoms. The van der Waals surface area contributed by atoms with Crippen molar-refractivity contribution in [1.82, 2.24) is 9.97 Å². The fourth-order valence-electron chi connectivity index (χ4n) is 2.22. The van der Waals surface area contributed by atoms with Gasteiger partial charge in [-0.25, -0.2) is 4.98 Å². The van der Waals surface area contributed by atoms with Crippen LogP contribution in [0.3, 0.4) is 0 Å². The lowest BCUT2D eigenvalue weighted by molar-refractivity contribution is 0.897. The number of nitrogens with zero attached hydrogens (tertiary/aromatic N) is 1. The first kappa shape index (κ1) is 7.13. The molecule has 0 spiro atoms. The highest BCUT2D eigenvalue weighted by Gasteiger charge is 2.16. The van der Waals surface area contributed by atoms with Gasteiger partial charge in [0, 0.05) is 17.3 Å². The van der Waals surface area contributed by atoms with Gasteiger partial charge in [-0.2, -0.15) is 0 Å². The fraction of sp³-hybridized carbons (Fsp3) is 0.364. The zero-order valence-electron chi connectivity index (χ0n) is 7.72. The Labute approximate surface area is 77.0 Å². The van der Waals surface area contributed by atoms with Gasteiger partial charge in [-0.1, -0.05) is 0 Å². The lowest BCUT2D eigenvalue weighted by Gasteiger charge is -1.94. The van der Waals surface area contributed by atoms with Crippen molar-refractivity contribution in [2.24, 2.45) is 0 Å². The molecule has 3 rings (SSSR count). The Hall–Kier alpha value is -1.31. The molecule has 13 heavy (non-hydrogen) atoms. The molecule has 0 radical (unpaired) electrons. The second-order valence-electron chi connectivity index (χ2n) is 3.84. The summed E-state index contributed by atoms with van der Waals surface area (Å²) in [6.07, 6.45) is 5.64. The predicted molar refractivity (Wildman–Crippen MR) is 52.9 cm³/mol. The maximum absolute atomic E-state index is 4.39. The van der Waals surface area contributed by atoms with Gasteiger partial charge in [-0.05, 0) is 43.4 Å². The molecular formula is C11H12N2. The molecule has 2 nitrogen and oxygen atoms in total. The first-order valence-electron chi connectivity index (χ1n) is 4.80. The van der Waals surface area contributed by atoms with E-state index < -0.39 is 0 Å². The van der Waals surface area contributed by atoms with Crippen LogP contribution in [0.2, 0.25) is 0 Å². The molecule has 0 saturated carbocycles. The van der Waals surface area contributed by atoms with E-state index in [9.17, 15) is 0 Å². The van der Waals surface area contributed by atoms with E-state index >= 15 is 0 Å². The topological polar surface area (TPSA) is 28.7 Å². The monoisotopic (exact) mass is 172 g/mol. The van der Waals surface area contributed by atoms with E-state index in [1.54, 1.807) is 0 Å². The molecule has 2 heterocycles. The Balaban J connectivity index is 2.40. The zero-order chi connectivity index (χ0) is 8.84. The van der Waals surface area contributed by atoms with Crippen LogP contribution in [-0.4, -0.2) is 9.97 Å². The SMILES string of the molecule is Cc1cnc2[nH]c3c(c2c1)CCC3.